The maximum atomic E-state index is 12.5. The molecule has 1 aromatic carbocycles. The number of benzene rings is 1. The zero-order valence-electron chi connectivity index (χ0n) is 13.9. The van der Waals surface area contributed by atoms with Gasteiger partial charge in [-0.1, -0.05) is 42.2 Å². The first-order valence-electron chi connectivity index (χ1n) is 7.89. The molecule has 0 spiro atoms. The van der Waals surface area contributed by atoms with Crippen LogP contribution in [0, 0.1) is 0 Å². The average molecular weight is 405 g/mol. The van der Waals surface area contributed by atoms with E-state index in [2.05, 4.69) is 5.32 Å². The van der Waals surface area contributed by atoms with Crippen LogP contribution < -0.4 is 10.1 Å². The zero-order valence-corrected chi connectivity index (χ0v) is 16.4. The summed E-state index contributed by atoms with van der Waals surface area (Å²) < 4.78 is 5.87. The fourth-order valence-electron chi connectivity index (χ4n) is 2.32. The Kier molecular flexibility index (Phi) is 6.08. The normalized spacial score (nSPS) is 15.6. The molecule has 2 aromatic rings. The molecule has 0 atom stereocenters. The first-order chi connectivity index (χ1) is 12.6. The highest BCUT2D eigenvalue weighted by Gasteiger charge is 2.33. The molecular formula is C18H16N2O3S3. The molecule has 0 unspecified atom stereocenters. The fourth-order valence-corrected chi connectivity index (χ4v) is 4.30. The van der Waals surface area contributed by atoms with E-state index < -0.39 is 0 Å². The summed E-state index contributed by atoms with van der Waals surface area (Å²) in [6, 6.07) is 11.0. The number of hydrogen-bond donors (Lipinski definition) is 1. The molecule has 2 heterocycles. The van der Waals surface area contributed by atoms with E-state index in [1.807, 2.05) is 36.6 Å². The molecule has 0 aliphatic carbocycles. The second kappa shape index (κ2) is 8.48. The Balaban J connectivity index is 1.68. The van der Waals surface area contributed by atoms with Crippen molar-refractivity contribution in [2.75, 3.05) is 18.5 Å². The summed E-state index contributed by atoms with van der Waals surface area (Å²) in [6.07, 6.45) is 1.80. The van der Waals surface area contributed by atoms with E-state index in [1.54, 1.807) is 18.2 Å². The molecular weight excluding hydrogens is 388 g/mol. The van der Waals surface area contributed by atoms with Crippen LogP contribution >= 0.6 is 35.3 Å². The highest BCUT2D eigenvalue weighted by atomic mass is 32.2. The Morgan fingerprint density at radius 3 is 2.85 bits per heavy atom. The van der Waals surface area contributed by atoms with Gasteiger partial charge in [0.15, 0.2) is 0 Å². The summed E-state index contributed by atoms with van der Waals surface area (Å²) in [7, 11) is 0. The molecule has 1 saturated heterocycles. The molecule has 2 amide bonds. The number of rotatable bonds is 6. The van der Waals surface area contributed by atoms with E-state index in [4.69, 9.17) is 17.0 Å². The Hall–Kier alpha value is -2.16. The molecule has 0 radical (unpaired) electrons. The van der Waals surface area contributed by atoms with Gasteiger partial charge in [0.05, 0.1) is 17.2 Å². The topological polar surface area (TPSA) is 58.6 Å². The first-order valence-corrected chi connectivity index (χ1v) is 9.99. The van der Waals surface area contributed by atoms with Gasteiger partial charge in [-0.15, -0.1) is 11.3 Å². The van der Waals surface area contributed by atoms with E-state index >= 15 is 0 Å². The van der Waals surface area contributed by atoms with Crippen molar-refractivity contribution in [2.45, 2.75) is 6.92 Å². The molecule has 5 nitrogen and oxygen atoms in total. The van der Waals surface area contributed by atoms with Crippen LogP contribution in [0.25, 0.3) is 6.08 Å². The minimum Gasteiger partial charge on any atom is -0.492 e. The van der Waals surface area contributed by atoms with Crippen molar-refractivity contribution >= 4 is 63.2 Å². The number of thiocarbonyl (C=S) groups is 1. The molecule has 0 saturated carbocycles. The molecule has 134 valence electrons. The van der Waals surface area contributed by atoms with Gasteiger partial charge in [0.25, 0.3) is 5.91 Å². The molecule has 0 bridgehead atoms. The van der Waals surface area contributed by atoms with Gasteiger partial charge >= 0.3 is 0 Å². The van der Waals surface area contributed by atoms with E-state index in [0.717, 1.165) is 4.88 Å². The molecule has 1 aromatic heterocycles. The lowest BCUT2D eigenvalue weighted by Crippen LogP contribution is -2.36. The van der Waals surface area contributed by atoms with Crippen molar-refractivity contribution in [3.63, 3.8) is 0 Å². The van der Waals surface area contributed by atoms with Crippen LogP contribution in [-0.2, 0) is 9.59 Å². The number of para-hydroxylation sites is 2. The number of nitrogens with one attached hydrogen (secondary N) is 1. The molecule has 1 aliphatic heterocycles. The third-order valence-corrected chi connectivity index (χ3v) is 5.65. The smallest absolute Gasteiger partial charge is 0.266 e. The highest BCUT2D eigenvalue weighted by Crippen LogP contribution is 2.33. The number of carbonyl (C=O) groups is 2. The number of carbonyl (C=O) groups excluding carboxylic acids is 2. The van der Waals surface area contributed by atoms with E-state index in [9.17, 15) is 9.59 Å². The highest BCUT2D eigenvalue weighted by molar-refractivity contribution is 8.26. The van der Waals surface area contributed by atoms with Gasteiger partial charge in [-0.3, -0.25) is 14.5 Å². The summed E-state index contributed by atoms with van der Waals surface area (Å²) in [5.41, 5.74) is 0.568. The summed E-state index contributed by atoms with van der Waals surface area (Å²) in [6.45, 7) is 2.24. The maximum absolute atomic E-state index is 12.5. The predicted octanol–water partition coefficient (Wildman–Crippen LogP) is 3.99. The quantitative estimate of drug-likeness (QED) is 0.583. The lowest BCUT2D eigenvalue weighted by atomic mass is 10.3. The molecule has 3 rings (SSSR count). The number of hydrogen-bond acceptors (Lipinski definition) is 6. The van der Waals surface area contributed by atoms with E-state index in [-0.39, 0.29) is 18.4 Å². The third kappa shape index (κ3) is 4.32. The Morgan fingerprint density at radius 1 is 1.31 bits per heavy atom. The van der Waals surface area contributed by atoms with E-state index in [0.29, 0.717) is 27.3 Å². The largest absolute Gasteiger partial charge is 0.492 e. The minimum absolute atomic E-state index is 0.132. The summed E-state index contributed by atoms with van der Waals surface area (Å²) >= 11 is 8.02. The fraction of sp³-hybridized carbons (Fsp3) is 0.167. The molecule has 26 heavy (non-hydrogen) atoms. The second-order valence-corrected chi connectivity index (χ2v) is 7.92. The summed E-state index contributed by atoms with van der Waals surface area (Å²) in [5.74, 6) is 0.0128. The minimum atomic E-state index is -0.328. The van der Waals surface area contributed by atoms with Crippen molar-refractivity contribution in [2.24, 2.45) is 0 Å². The SMILES string of the molecule is CCOc1ccccc1NC(=O)CN1C(=O)C(=Cc2cccs2)SC1=S. The van der Waals surface area contributed by atoms with Crippen molar-refractivity contribution in [3.05, 3.63) is 51.6 Å². The van der Waals surface area contributed by atoms with Gasteiger partial charge in [0.2, 0.25) is 5.91 Å². The summed E-state index contributed by atoms with van der Waals surface area (Å²) in [4.78, 5) is 27.8. The number of thiophene rings is 1. The van der Waals surface area contributed by atoms with Crippen LogP contribution in [0.2, 0.25) is 0 Å². The standard InChI is InChI=1S/C18H16N2O3S3/c1-2-23-14-8-4-3-7-13(14)19-16(21)11-20-17(22)15(26-18(20)24)10-12-6-5-9-25-12/h3-10H,2,11H2,1H3,(H,19,21). The predicted molar refractivity (Wildman–Crippen MR) is 110 cm³/mol. The van der Waals surface area contributed by atoms with Crippen LogP contribution in [0.5, 0.6) is 5.75 Å². The van der Waals surface area contributed by atoms with Crippen LogP contribution in [0.15, 0.2) is 46.7 Å². The van der Waals surface area contributed by atoms with Crippen molar-refractivity contribution in [1.82, 2.24) is 4.90 Å². The maximum Gasteiger partial charge on any atom is 0.266 e. The van der Waals surface area contributed by atoms with Gasteiger partial charge in [-0.2, -0.15) is 0 Å². The van der Waals surface area contributed by atoms with E-state index in [1.165, 1.54) is 28.0 Å². The Bertz CT molecular complexity index is 862. The lowest BCUT2D eigenvalue weighted by molar-refractivity contribution is -0.126. The summed E-state index contributed by atoms with van der Waals surface area (Å²) in [5, 5.41) is 4.72. The van der Waals surface area contributed by atoms with Gasteiger partial charge in [-0.25, -0.2) is 0 Å². The van der Waals surface area contributed by atoms with Crippen LogP contribution in [0.4, 0.5) is 5.69 Å². The van der Waals surface area contributed by atoms with Crippen LogP contribution in [0.3, 0.4) is 0 Å². The lowest BCUT2D eigenvalue weighted by Gasteiger charge is -2.15. The van der Waals surface area contributed by atoms with Gasteiger partial charge in [0.1, 0.15) is 16.6 Å². The van der Waals surface area contributed by atoms with Crippen molar-refractivity contribution < 1.29 is 14.3 Å². The van der Waals surface area contributed by atoms with Gasteiger partial charge in [0, 0.05) is 4.88 Å². The third-order valence-electron chi connectivity index (χ3n) is 3.45. The van der Waals surface area contributed by atoms with Crippen molar-refractivity contribution in [1.29, 1.82) is 0 Å². The van der Waals surface area contributed by atoms with Crippen LogP contribution in [0.1, 0.15) is 11.8 Å². The van der Waals surface area contributed by atoms with Gasteiger partial charge < -0.3 is 10.1 Å². The molecule has 8 heteroatoms. The monoisotopic (exact) mass is 404 g/mol. The number of ether oxygens (including phenoxy) is 1. The van der Waals surface area contributed by atoms with Crippen LogP contribution in [-0.4, -0.2) is 34.2 Å². The number of amides is 2. The number of thioether (sulfide) groups is 1. The average Bonchev–Trinajstić information content (AvgIpc) is 3.21. The number of anilines is 1. The number of nitrogens with zero attached hydrogens (tertiary/aromatic N) is 1. The second-order valence-electron chi connectivity index (χ2n) is 5.26. The Labute approximate surface area is 165 Å². The molecule has 1 aliphatic rings. The van der Waals surface area contributed by atoms with Gasteiger partial charge in [-0.05, 0) is 36.6 Å². The Morgan fingerprint density at radius 2 is 2.12 bits per heavy atom. The van der Waals surface area contributed by atoms with Crippen molar-refractivity contribution in [3.8, 4) is 5.75 Å². The zero-order chi connectivity index (χ0) is 18.5. The first kappa shape index (κ1) is 18.6. The molecule has 1 fully saturated rings. The molecule has 1 N–H and O–H groups in total.